The van der Waals surface area contributed by atoms with Gasteiger partial charge in [-0.3, -0.25) is 0 Å². The summed E-state index contributed by atoms with van der Waals surface area (Å²) < 4.78 is 11.9. The smallest absolute Gasteiger partial charge is 0.161 e. The summed E-state index contributed by atoms with van der Waals surface area (Å²) in [5.41, 5.74) is 2.85. The number of hydrogen-bond acceptors (Lipinski definition) is 3. The summed E-state index contributed by atoms with van der Waals surface area (Å²) in [7, 11) is 0. The number of benzene rings is 1. The number of ether oxygens (including phenoxy) is 2. The van der Waals surface area contributed by atoms with Crippen LogP contribution in [-0.4, -0.2) is 19.8 Å². The van der Waals surface area contributed by atoms with E-state index in [0.717, 1.165) is 43.6 Å². The second-order valence-electron chi connectivity index (χ2n) is 6.71. The Morgan fingerprint density at radius 3 is 2.52 bits per heavy atom. The fourth-order valence-corrected chi connectivity index (χ4v) is 3.39. The Kier molecular flexibility index (Phi) is 4.39. The van der Waals surface area contributed by atoms with Crippen molar-refractivity contribution < 1.29 is 9.47 Å². The van der Waals surface area contributed by atoms with Crippen LogP contribution in [-0.2, 0) is 6.42 Å². The van der Waals surface area contributed by atoms with Crippen LogP contribution in [0.1, 0.15) is 50.8 Å². The third-order valence-corrected chi connectivity index (χ3v) is 4.62. The predicted molar refractivity (Wildman–Crippen MR) is 85.1 cm³/mol. The van der Waals surface area contributed by atoms with E-state index in [1.165, 1.54) is 24.0 Å². The first-order valence-electron chi connectivity index (χ1n) is 8.33. The molecule has 0 aromatic heterocycles. The van der Waals surface area contributed by atoms with Crippen molar-refractivity contribution in [2.75, 3.05) is 19.8 Å². The lowest BCUT2D eigenvalue weighted by atomic mass is 9.96. The van der Waals surface area contributed by atoms with E-state index in [4.69, 9.17) is 9.47 Å². The topological polar surface area (TPSA) is 30.5 Å². The van der Waals surface area contributed by atoms with Crippen LogP contribution < -0.4 is 14.8 Å². The number of rotatable bonds is 2. The van der Waals surface area contributed by atoms with Gasteiger partial charge in [-0.15, -0.1) is 0 Å². The molecule has 2 aliphatic rings. The molecule has 3 heteroatoms. The van der Waals surface area contributed by atoms with Crippen molar-refractivity contribution in [1.29, 1.82) is 0 Å². The van der Waals surface area contributed by atoms with Gasteiger partial charge in [-0.25, -0.2) is 0 Å². The van der Waals surface area contributed by atoms with Crippen LogP contribution in [0.15, 0.2) is 12.1 Å². The summed E-state index contributed by atoms with van der Waals surface area (Å²) in [6.45, 7) is 9.20. The molecule has 1 aliphatic carbocycles. The van der Waals surface area contributed by atoms with Gasteiger partial charge in [-0.1, -0.05) is 20.8 Å². The van der Waals surface area contributed by atoms with Gasteiger partial charge in [0.2, 0.25) is 0 Å². The van der Waals surface area contributed by atoms with Crippen LogP contribution in [0.25, 0.3) is 0 Å². The highest BCUT2D eigenvalue weighted by Gasteiger charge is 2.25. The van der Waals surface area contributed by atoms with Crippen molar-refractivity contribution in [2.45, 2.75) is 46.1 Å². The maximum Gasteiger partial charge on any atom is 0.161 e. The summed E-state index contributed by atoms with van der Waals surface area (Å²) in [5.74, 6) is 3.06. The predicted octanol–water partition coefficient (Wildman–Crippen LogP) is 3.72. The monoisotopic (exact) mass is 289 g/mol. The Hall–Kier alpha value is -1.22. The molecule has 1 aromatic carbocycles. The van der Waals surface area contributed by atoms with Crippen molar-refractivity contribution in [3.05, 3.63) is 23.3 Å². The Balaban J connectivity index is 1.97. The lowest BCUT2D eigenvalue weighted by Crippen LogP contribution is -2.22. The first-order valence-corrected chi connectivity index (χ1v) is 8.33. The van der Waals surface area contributed by atoms with Crippen molar-refractivity contribution in [2.24, 2.45) is 11.8 Å². The summed E-state index contributed by atoms with van der Waals surface area (Å²) in [6.07, 6.45) is 3.60. The highest BCUT2D eigenvalue weighted by atomic mass is 16.5. The van der Waals surface area contributed by atoms with Gasteiger partial charge in [0.1, 0.15) is 0 Å². The average Bonchev–Trinajstić information content (AvgIpc) is 2.74. The first kappa shape index (κ1) is 14.7. The quantitative estimate of drug-likeness (QED) is 0.842. The molecule has 0 bridgehead atoms. The van der Waals surface area contributed by atoms with Gasteiger partial charge in [-0.05, 0) is 55.0 Å². The molecule has 0 amide bonds. The van der Waals surface area contributed by atoms with Gasteiger partial charge in [-0.2, -0.15) is 0 Å². The maximum atomic E-state index is 5.97. The van der Waals surface area contributed by atoms with E-state index < -0.39 is 0 Å². The zero-order valence-corrected chi connectivity index (χ0v) is 13.4. The third-order valence-electron chi connectivity index (χ3n) is 4.62. The molecule has 3 rings (SSSR count). The van der Waals surface area contributed by atoms with E-state index in [-0.39, 0.29) is 0 Å². The number of nitrogens with one attached hydrogen (secondary N) is 1. The molecule has 1 heterocycles. The van der Waals surface area contributed by atoms with E-state index in [0.29, 0.717) is 12.0 Å². The second-order valence-corrected chi connectivity index (χ2v) is 6.71. The van der Waals surface area contributed by atoms with Crippen molar-refractivity contribution in [3.8, 4) is 11.5 Å². The lowest BCUT2D eigenvalue weighted by Gasteiger charge is -2.21. The summed E-state index contributed by atoms with van der Waals surface area (Å²) in [5, 5.41) is 3.65. The van der Waals surface area contributed by atoms with Gasteiger partial charge in [0.05, 0.1) is 13.2 Å². The van der Waals surface area contributed by atoms with Gasteiger partial charge >= 0.3 is 0 Å². The minimum Gasteiger partial charge on any atom is -0.489 e. The van der Waals surface area contributed by atoms with E-state index in [1.807, 2.05) is 0 Å². The van der Waals surface area contributed by atoms with Crippen LogP contribution in [0.4, 0.5) is 0 Å². The van der Waals surface area contributed by atoms with Gasteiger partial charge in [0.15, 0.2) is 11.5 Å². The molecular formula is C18H27NO2. The molecule has 0 fully saturated rings. The molecule has 0 radical (unpaired) electrons. The van der Waals surface area contributed by atoms with Crippen LogP contribution in [0.5, 0.6) is 11.5 Å². The summed E-state index contributed by atoms with van der Waals surface area (Å²) >= 11 is 0. The SMILES string of the molecule is CCNC1CC(C)CCc2cc3c(cc21)OCC(C)CO3. The summed E-state index contributed by atoms with van der Waals surface area (Å²) in [4.78, 5) is 0. The van der Waals surface area contributed by atoms with E-state index >= 15 is 0 Å². The Morgan fingerprint density at radius 2 is 1.81 bits per heavy atom. The van der Waals surface area contributed by atoms with Crippen LogP contribution in [0, 0.1) is 11.8 Å². The molecule has 1 N–H and O–H groups in total. The van der Waals surface area contributed by atoms with E-state index in [2.05, 4.69) is 38.2 Å². The molecule has 1 aromatic rings. The minimum atomic E-state index is 0.442. The van der Waals surface area contributed by atoms with Crippen molar-refractivity contribution >= 4 is 0 Å². The normalized spacial score (nSPS) is 28.4. The number of aryl methyl sites for hydroxylation is 1. The van der Waals surface area contributed by atoms with E-state index in [1.54, 1.807) is 0 Å². The standard InChI is InChI=1S/C18H27NO2/c1-4-19-16-7-12(2)5-6-14-8-17-18(9-15(14)16)21-11-13(3)10-20-17/h8-9,12-13,16,19H,4-7,10-11H2,1-3H3. The van der Waals surface area contributed by atoms with E-state index in [9.17, 15) is 0 Å². The number of fused-ring (bicyclic) bond motifs is 2. The average molecular weight is 289 g/mol. The minimum absolute atomic E-state index is 0.442. The largest absolute Gasteiger partial charge is 0.489 e. The second kappa shape index (κ2) is 6.27. The highest BCUT2D eigenvalue weighted by molar-refractivity contribution is 5.49. The molecule has 0 spiro atoms. The molecule has 0 saturated heterocycles. The summed E-state index contributed by atoms with van der Waals surface area (Å²) in [6, 6.07) is 4.90. The zero-order valence-electron chi connectivity index (χ0n) is 13.4. The van der Waals surface area contributed by atoms with Gasteiger partial charge < -0.3 is 14.8 Å². The fraction of sp³-hybridized carbons (Fsp3) is 0.667. The van der Waals surface area contributed by atoms with Crippen LogP contribution in [0.2, 0.25) is 0 Å². The molecule has 3 atom stereocenters. The molecule has 0 saturated carbocycles. The Bertz CT molecular complexity index is 500. The fourth-order valence-electron chi connectivity index (χ4n) is 3.39. The first-order chi connectivity index (χ1) is 10.2. The van der Waals surface area contributed by atoms with Gasteiger partial charge in [0.25, 0.3) is 0 Å². The molecular weight excluding hydrogens is 262 g/mol. The highest BCUT2D eigenvalue weighted by Crippen LogP contribution is 2.40. The maximum absolute atomic E-state index is 5.97. The van der Waals surface area contributed by atoms with Crippen LogP contribution >= 0.6 is 0 Å². The molecule has 3 nitrogen and oxygen atoms in total. The molecule has 21 heavy (non-hydrogen) atoms. The van der Waals surface area contributed by atoms with Crippen LogP contribution in [0.3, 0.4) is 0 Å². The molecule has 116 valence electrons. The third kappa shape index (κ3) is 3.18. The Morgan fingerprint density at radius 1 is 1.10 bits per heavy atom. The Labute approximate surface area is 128 Å². The molecule has 3 unspecified atom stereocenters. The van der Waals surface area contributed by atoms with Gasteiger partial charge in [0, 0.05) is 12.0 Å². The zero-order chi connectivity index (χ0) is 14.8. The lowest BCUT2D eigenvalue weighted by molar-refractivity contribution is 0.228. The molecule has 1 aliphatic heterocycles. The van der Waals surface area contributed by atoms with Crippen molar-refractivity contribution in [1.82, 2.24) is 5.32 Å². The van der Waals surface area contributed by atoms with Crippen molar-refractivity contribution in [3.63, 3.8) is 0 Å². The number of hydrogen-bond donors (Lipinski definition) is 1.